The molecule has 1 rings (SSSR count). The second-order valence-electron chi connectivity index (χ2n) is 4.35. The van der Waals surface area contributed by atoms with Crippen molar-refractivity contribution in [2.45, 2.75) is 32.4 Å². The Bertz CT molecular complexity index is 361. The van der Waals surface area contributed by atoms with Gasteiger partial charge in [0, 0.05) is 5.54 Å². The molecule has 0 aliphatic heterocycles. The molecule has 4 heteroatoms. The average molecular weight is 244 g/mol. The molecule has 1 atom stereocenters. The second kappa shape index (κ2) is 5.04. The summed E-state index contributed by atoms with van der Waals surface area (Å²) in [5.41, 5.74) is 5.83. The summed E-state index contributed by atoms with van der Waals surface area (Å²) in [6.07, 6.45) is -0.749. The van der Waals surface area contributed by atoms with Gasteiger partial charge in [-0.15, -0.1) is 0 Å². The highest BCUT2D eigenvalue weighted by Crippen LogP contribution is 2.31. The van der Waals surface area contributed by atoms with E-state index < -0.39 is 11.6 Å². The first kappa shape index (κ1) is 13.3. The number of ether oxygens (including phenoxy) is 1. The van der Waals surface area contributed by atoms with Gasteiger partial charge in [0.05, 0.1) is 17.7 Å². The van der Waals surface area contributed by atoms with Crippen molar-refractivity contribution in [3.63, 3.8) is 0 Å². The van der Waals surface area contributed by atoms with E-state index >= 15 is 0 Å². The standard InChI is InChI=1S/C12H18ClNO2/c1-4-16-10-6-5-8(7-9(10)13)11(15)12(2,3)14/h5-7,11,15H,4,14H2,1-3H3. The van der Waals surface area contributed by atoms with Crippen molar-refractivity contribution in [1.29, 1.82) is 0 Å². The molecule has 0 spiro atoms. The van der Waals surface area contributed by atoms with Crippen LogP contribution in [0.3, 0.4) is 0 Å². The van der Waals surface area contributed by atoms with E-state index in [1.807, 2.05) is 6.92 Å². The Hall–Kier alpha value is -0.770. The minimum atomic E-state index is -0.749. The number of benzene rings is 1. The van der Waals surface area contributed by atoms with E-state index in [-0.39, 0.29) is 0 Å². The zero-order valence-corrected chi connectivity index (χ0v) is 10.6. The normalized spacial score (nSPS) is 13.6. The minimum Gasteiger partial charge on any atom is -0.492 e. The zero-order valence-electron chi connectivity index (χ0n) is 9.83. The molecule has 1 aromatic carbocycles. The largest absolute Gasteiger partial charge is 0.492 e. The highest BCUT2D eigenvalue weighted by Gasteiger charge is 2.24. The molecule has 90 valence electrons. The summed E-state index contributed by atoms with van der Waals surface area (Å²) < 4.78 is 5.31. The Balaban J connectivity index is 2.97. The molecule has 0 aliphatic carbocycles. The molecular weight excluding hydrogens is 226 g/mol. The Morgan fingerprint density at radius 3 is 2.56 bits per heavy atom. The third kappa shape index (κ3) is 3.11. The molecule has 0 aromatic heterocycles. The van der Waals surface area contributed by atoms with Gasteiger partial charge >= 0.3 is 0 Å². The van der Waals surface area contributed by atoms with E-state index in [9.17, 15) is 5.11 Å². The van der Waals surface area contributed by atoms with Crippen LogP contribution in [0, 0.1) is 0 Å². The van der Waals surface area contributed by atoms with Crippen LogP contribution in [-0.2, 0) is 0 Å². The fraction of sp³-hybridized carbons (Fsp3) is 0.500. The van der Waals surface area contributed by atoms with Crippen molar-refractivity contribution in [2.75, 3.05) is 6.61 Å². The van der Waals surface area contributed by atoms with Crippen LogP contribution in [0.5, 0.6) is 5.75 Å². The monoisotopic (exact) mass is 243 g/mol. The zero-order chi connectivity index (χ0) is 12.3. The average Bonchev–Trinajstić information content (AvgIpc) is 2.19. The summed E-state index contributed by atoms with van der Waals surface area (Å²) in [5.74, 6) is 0.620. The summed E-state index contributed by atoms with van der Waals surface area (Å²) in [5, 5.41) is 10.5. The second-order valence-corrected chi connectivity index (χ2v) is 4.75. The maximum absolute atomic E-state index is 9.98. The number of hydrogen-bond acceptors (Lipinski definition) is 3. The molecule has 0 amide bonds. The lowest BCUT2D eigenvalue weighted by Crippen LogP contribution is -2.39. The highest BCUT2D eigenvalue weighted by molar-refractivity contribution is 6.32. The molecular formula is C12H18ClNO2. The SMILES string of the molecule is CCOc1ccc(C(O)C(C)(C)N)cc1Cl. The molecule has 16 heavy (non-hydrogen) atoms. The van der Waals surface area contributed by atoms with E-state index in [0.717, 1.165) is 0 Å². The number of aliphatic hydroxyl groups is 1. The highest BCUT2D eigenvalue weighted by atomic mass is 35.5. The summed E-state index contributed by atoms with van der Waals surface area (Å²) in [4.78, 5) is 0. The lowest BCUT2D eigenvalue weighted by Gasteiger charge is -2.26. The van der Waals surface area contributed by atoms with Gasteiger partial charge in [0.1, 0.15) is 5.75 Å². The first-order valence-electron chi connectivity index (χ1n) is 5.25. The van der Waals surface area contributed by atoms with Gasteiger partial charge in [-0.25, -0.2) is 0 Å². The van der Waals surface area contributed by atoms with E-state index in [1.54, 1.807) is 32.0 Å². The lowest BCUT2D eigenvalue weighted by molar-refractivity contribution is 0.104. The fourth-order valence-electron chi connectivity index (χ4n) is 1.39. The molecule has 0 radical (unpaired) electrons. The van der Waals surface area contributed by atoms with Crippen LogP contribution in [0.15, 0.2) is 18.2 Å². The van der Waals surface area contributed by atoms with Crippen molar-refractivity contribution >= 4 is 11.6 Å². The number of halogens is 1. The molecule has 3 nitrogen and oxygen atoms in total. The van der Waals surface area contributed by atoms with Crippen LogP contribution >= 0.6 is 11.6 Å². The molecule has 0 aliphatic rings. The maximum atomic E-state index is 9.98. The van der Waals surface area contributed by atoms with E-state index in [4.69, 9.17) is 22.1 Å². The van der Waals surface area contributed by atoms with Crippen LogP contribution in [0.25, 0.3) is 0 Å². The summed E-state index contributed by atoms with van der Waals surface area (Å²) in [7, 11) is 0. The predicted molar refractivity (Wildman–Crippen MR) is 65.8 cm³/mol. The topological polar surface area (TPSA) is 55.5 Å². The lowest BCUT2D eigenvalue weighted by atomic mass is 9.92. The van der Waals surface area contributed by atoms with Crippen LogP contribution in [0.1, 0.15) is 32.4 Å². The van der Waals surface area contributed by atoms with Crippen molar-refractivity contribution < 1.29 is 9.84 Å². The van der Waals surface area contributed by atoms with Gasteiger partial charge < -0.3 is 15.6 Å². The molecule has 1 aromatic rings. The predicted octanol–water partition coefficient (Wildman–Crippen LogP) is 2.51. The van der Waals surface area contributed by atoms with Gasteiger partial charge in [0.15, 0.2) is 0 Å². The number of rotatable bonds is 4. The molecule has 0 bridgehead atoms. The quantitative estimate of drug-likeness (QED) is 0.855. The van der Waals surface area contributed by atoms with Crippen molar-refractivity contribution in [2.24, 2.45) is 5.73 Å². The van der Waals surface area contributed by atoms with E-state index in [1.165, 1.54) is 0 Å². The van der Waals surface area contributed by atoms with E-state index in [0.29, 0.717) is 22.9 Å². The van der Waals surface area contributed by atoms with Crippen LogP contribution in [0.4, 0.5) is 0 Å². The summed E-state index contributed by atoms with van der Waals surface area (Å²) >= 11 is 6.03. The van der Waals surface area contributed by atoms with Crippen molar-refractivity contribution in [1.82, 2.24) is 0 Å². The fourth-order valence-corrected chi connectivity index (χ4v) is 1.63. The van der Waals surface area contributed by atoms with Gasteiger partial charge in [-0.3, -0.25) is 0 Å². The smallest absolute Gasteiger partial charge is 0.137 e. The van der Waals surface area contributed by atoms with Gasteiger partial charge in [-0.2, -0.15) is 0 Å². The Labute approximate surface area is 101 Å². The third-order valence-corrected chi connectivity index (χ3v) is 2.57. The summed E-state index contributed by atoms with van der Waals surface area (Å²) in [6.45, 7) is 5.98. The number of hydrogen-bond donors (Lipinski definition) is 2. The minimum absolute atomic E-state index is 0.489. The Morgan fingerprint density at radius 2 is 2.12 bits per heavy atom. The first-order chi connectivity index (χ1) is 7.36. The molecule has 0 fully saturated rings. The van der Waals surface area contributed by atoms with Crippen molar-refractivity contribution in [3.05, 3.63) is 28.8 Å². The van der Waals surface area contributed by atoms with Gasteiger partial charge in [-0.05, 0) is 38.5 Å². The molecule has 0 heterocycles. The molecule has 0 saturated carbocycles. The third-order valence-electron chi connectivity index (χ3n) is 2.28. The van der Waals surface area contributed by atoms with Gasteiger partial charge in [0.25, 0.3) is 0 Å². The molecule has 1 unspecified atom stereocenters. The Kier molecular flexibility index (Phi) is 4.19. The molecule has 3 N–H and O–H groups in total. The van der Waals surface area contributed by atoms with E-state index in [2.05, 4.69) is 0 Å². The van der Waals surface area contributed by atoms with Crippen LogP contribution in [0.2, 0.25) is 5.02 Å². The maximum Gasteiger partial charge on any atom is 0.137 e. The van der Waals surface area contributed by atoms with Crippen molar-refractivity contribution in [3.8, 4) is 5.75 Å². The Morgan fingerprint density at radius 1 is 1.50 bits per heavy atom. The number of nitrogens with two attached hydrogens (primary N) is 1. The van der Waals surface area contributed by atoms with Gasteiger partial charge in [0.2, 0.25) is 0 Å². The van der Waals surface area contributed by atoms with Gasteiger partial charge in [-0.1, -0.05) is 17.7 Å². The van der Waals surface area contributed by atoms with Crippen LogP contribution in [-0.4, -0.2) is 17.3 Å². The summed E-state index contributed by atoms with van der Waals surface area (Å²) in [6, 6.07) is 5.21. The van der Waals surface area contributed by atoms with Crippen LogP contribution < -0.4 is 10.5 Å². The molecule has 0 saturated heterocycles. The first-order valence-corrected chi connectivity index (χ1v) is 5.63. The number of aliphatic hydroxyl groups excluding tert-OH is 1.